The average molecular weight is 209 g/mol. The Morgan fingerprint density at radius 2 is 1.80 bits per heavy atom. The second-order valence-corrected chi connectivity index (χ2v) is 2.84. The molecule has 1 N–H and O–H groups in total. The summed E-state index contributed by atoms with van der Waals surface area (Å²) >= 11 is 0. The van der Waals surface area contributed by atoms with Gasteiger partial charge < -0.3 is 19.7 Å². The number of benzene rings is 1. The molecule has 0 spiro atoms. The van der Waals surface area contributed by atoms with Crippen molar-refractivity contribution in [2.75, 3.05) is 0 Å². The molecule has 80 valence electrons. The number of carboxylic acid groups (broad SMARTS) is 1. The zero-order chi connectivity index (χ0) is 11.3. The highest BCUT2D eigenvalue weighted by Gasteiger charge is 2.04. The molecular weight excluding hydrogens is 200 g/mol. The summed E-state index contributed by atoms with van der Waals surface area (Å²) in [5.41, 5.74) is 0. The van der Waals surface area contributed by atoms with Crippen molar-refractivity contribution in [2.24, 2.45) is 0 Å². The van der Waals surface area contributed by atoms with E-state index >= 15 is 0 Å². The minimum Gasteiger partial charge on any atom is -0.550 e. The van der Waals surface area contributed by atoms with Gasteiger partial charge in [-0.15, -0.1) is 0 Å². The second kappa shape index (κ2) is 4.99. The minimum absolute atomic E-state index is 0.0598. The molecule has 0 aliphatic carbocycles. The molecule has 0 amide bonds. The number of aromatic hydroxyl groups is 1. The lowest BCUT2D eigenvalue weighted by atomic mass is 10.3. The Bertz CT molecular complexity index is 355. The average Bonchev–Trinajstić information content (AvgIpc) is 2.19. The summed E-state index contributed by atoms with van der Waals surface area (Å²) in [5.74, 6) is -1.62. The van der Waals surface area contributed by atoms with Gasteiger partial charge in [0, 0.05) is 5.97 Å². The van der Waals surface area contributed by atoms with Crippen molar-refractivity contribution in [1.29, 1.82) is 0 Å². The van der Waals surface area contributed by atoms with Crippen molar-refractivity contribution in [2.45, 2.75) is 12.8 Å². The molecule has 15 heavy (non-hydrogen) atoms. The van der Waals surface area contributed by atoms with Crippen LogP contribution in [0.2, 0.25) is 0 Å². The molecule has 0 radical (unpaired) electrons. The lowest BCUT2D eigenvalue weighted by molar-refractivity contribution is -0.305. The molecule has 5 heteroatoms. The molecule has 1 aromatic rings. The van der Waals surface area contributed by atoms with E-state index in [1.54, 1.807) is 0 Å². The fraction of sp³-hybridized carbons (Fsp3) is 0.200. The van der Waals surface area contributed by atoms with Crippen LogP contribution in [0, 0.1) is 0 Å². The summed E-state index contributed by atoms with van der Waals surface area (Å²) in [5, 5.41) is 19.0. The van der Waals surface area contributed by atoms with Gasteiger partial charge in [-0.1, -0.05) is 0 Å². The highest BCUT2D eigenvalue weighted by molar-refractivity contribution is 5.77. The molecule has 0 aliphatic heterocycles. The molecule has 0 aliphatic rings. The number of aliphatic carboxylic acids is 1. The molecule has 0 saturated heterocycles. The third-order valence-corrected chi connectivity index (χ3v) is 1.60. The van der Waals surface area contributed by atoms with Gasteiger partial charge in [-0.25, -0.2) is 0 Å². The van der Waals surface area contributed by atoms with E-state index in [4.69, 9.17) is 9.84 Å². The Morgan fingerprint density at radius 1 is 1.20 bits per heavy atom. The number of carbonyl (C=O) groups is 2. The summed E-state index contributed by atoms with van der Waals surface area (Å²) in [6, 6.07) is 5.54. The molecule has 0 unspecified atom stereocenters. The topological polar surface area (TPSA) is 86.7 Å². The van der Waals surface area contributed by atoms with Gasteiger partial charge in [-0.3, -0.25) is 4.79 Å². The Balaban J connectivity index is 2.44. The van der Waals surface area contributed by atoms with Gasteiger partial charge in [0.2, 0.25) is 0 Å². The molecule has 0 fully saturated rings. The molecule has 1 aromatic carbocycles. The predicted octanol–water partition coefficient (Wildman–Crippen LogP) is -0.172. The Labute approximate surface area is 85.9 Å². The number of hydrogen-bond donors (Lipinski definition) is 1. The molecule has 0 saturated carbocycles. The van der Waals surface area contributed by atoms with E-state index in [2.05, 4.69) is 0 Å². The lowest BCUT2D eigenvalue weighted by Crippen LogP contribution is -2.23. The fourth-order valence-electron chi connectivity index (χ4n) is 0.901. The summed E-state index contributed by atoms with van der Waals surface area (Å²) in [6.07, 6.45) is -0.597. The summed E-state index contributed by atoms with van der Waals surface area (Å²) in [6.45, 7) is 0. The number of carbonyl (C=O) groups excluding carboxylic acids is 2. The molecule has 1 rings (SSSR count). The smallest absolute Gasteiger partial charge is 0.311 e. The monoisotopic (exact) mass is 209 g/mol. The predicted molar refractivity (Wildman–Crippen MR) is 48.0 cm³/mol. The third kappa shape index (κ3) is 4.12. The minimum atomic E-state index is -1.29. The van der Waals surface area contributed by atoms with Crippen molar-refractivity contribution in [1.82, 2.24) is 0 Å². The highest BCUT2D eigenvalue weighted by atomic mass is 16.5. The van der Waals surface area contributed by atoms with Crippen LogP contribution in [0.1, 0.15) is 12.8 Å². The summed E-state index contributed by atoms with van der Waals surface area (Å²) in [7, 11) is 0. The fourth-order valence-corrected chi connectivity index (χ4v) is 0.901. The van der Waals surface area contributed by atoms with Crippen LogP contribution in [0.4, 0.5) is 0 Å². The van der Waals surface area contributed by atoms with Gasteiger partial charge in [-0.2, -0.15) is 0 Å². The van der Waals surface area contributed by atoms with Gasteiger partial charge in [0.05, 0.1) is 6.42 Å². The molecule has 0 heterocycles. The van der Waals surface area contributed by atoms with Crippen molar-refractivity contribution in [3.8, 4) is 11.5 Å². The number of phenols is 1. The van der Waals surface area contributed by atoms with E-state index in [-0.39, 0.29) is 24.3 Å². The molecule has 0 atom stereocenters. The van der Waals surface area contributed by atoms with Crippen molar-refractivity contribution >= 4 is 11.9 Å². The first-order valence-corrected chi connectivity index (χ1v) is 4.27. The van der Waals surface area contributed by atoms with Crippen LogP contribution in [0.25, 0.3) is 0 Å². The van der Waals surface area contributed by atoms with Gasteiger partial charge >= 0.3 is 5.97 Å². The maximum Gasteiger partial charge on any atom is 0.311 e. The number of ether oxygens (including phenoxy) is 1. The van der Waals surface area contributed by atoms with Crippen LogP contribution in [0.5, 0.6) is 11.5 Å². The number of rotatable bonds is 4. The van der Waals surface area contributed by atoms with Crippen LogP contribution in [0.15, 0.2) is 24.3 Å². The number of phenolic OH excluding ortho intramolecular Hbond substituents is 1. The SMILES string of the molecule is O=C([O-])CCC(=O)Oc1ccc(O)cc1. The van der Waals surface area contributed by atoms with E-state index < -0.39 is 11.9 Å². The van der Waals surface area contributed by atoms with Crippen LogP contribution >= 0.6 is 0 Å². The molecule has 0 aromatic heterocycles. The van der Waals surface area contributed by atoms with Gasteiger partial charge in [0.1, 0.15) is 11.5 Å². The first kappa shape index (κ1) is 11.0. The molecular formula is C10H9O5-. The maximum absolute atomic E-state index is 11.0. The number of hydrogen-bond acceptors (Lipinski definition) is 5. The van der Waals surface area contributed by atoms with Gasteiger partial charge in [-0.05, 0) is 30.7 Å². The maximum atomic E-state index is 11.0. The largest absolute Gasteiger partial charge is 0.550 e. The third-order valence-electron chi connectivity index (χ3n) is 1.60. The van der Waals surface area contributed by atoms with Crippen molar-refractivity contribution in [3.63, 3.8) is 0 Å². The van der Waals surface area contributed by atoms with Crippen LogP contribution in [-0.2, 0) is 9.59 Å². The lowest BCUT2D eigenvalue weighted by Gasteiger charge is -2.04. The van der Waals surface area contributed by atoms with Crippen molar-refractivity contribution < 1.29 is 24.5 Å². The number of esters is 1. The van der Waals surface area contributed by atoms with E-state index in [9.17, 15) is 14.7 Å². The van der Waals surface area contributed by atoms with E-state index in [1.165, 1.54) is 24.3 Å². The van der Waals surface area contributed by atoms with E-state index in [0.29, 0.717) is 0 Å². The first-order valence-electron chi connectivity index (χ1n) is 4.27. The molecule has 0 bridgehead atoms. The highest BCUT2D eigenvalue weighted by Crippen LogP contribution is 2.16. The standard InChI is InChI=1S/C10H10O5/c11-7-1-3-8(4-2-7)15-10(14)6-5-9(12)13/h1-4,11H,5-6H2,(H,12,13)/p-1. The van der Waals surface area contributed by atoms with E-state index in [1.807, 2.05) is 0 Å². The summed E-state index contributed by atoms with van der Waals surface area (Å²) in [4.78, 5) is 21.1. The quantitative estimate of drug-likeness (QED) is 0.549. The Kier molecular flexibility index (Phi) is 3.68. The zero-order valence-electron chi connectivity index (χ0n) is 7.80. The van der Waals surface area contributed by atoms with Crippen LogP contribution < -0.4 is 9.84 Å². The van der Waals surface area contributed by atoms with Crippen LogP contribution in [-0.4, -0.2) is 17.0 Å². The van der Waals surface area contributed by atoms with Gasteiger partial charge in [0.25, 0.3) is 0 Å². The number of carboxylic acids is 1. The molecule has 5 nitrogen and oxygen atoms in total. The second-order valence-electron chi connectivity index (χ2n) is 2.84. The summed E-state index contributed by atoms with van der Waals surface area (Å²) < 4.78 is 4.78. The normalized spacial score (nSPS) is 9.60. The Hall–Kier alpha value is -2.04. The van der Waals surface area contributed by atoms with Gasteiger partial charge in [0.15, 0.2) is 0 Å². The van der Waals surface area contributed by atoms with Crippen molar-refractivity contribution in [3.05, 3.63) is 24.3 Å². The first-order chi connectivity index (χ1) is 7.08. The van der Waals surface area contributed by atoms with Crippen LogP contribution in [0.3, 0.4) is 0 Å². The zero-order valence-corrected chi connectivity index (χ0v) is 7.80. The van der Waals surface area contributed by atoms with E-state index in [0.717, 1.165) is 0 Å². The Morgan fingerprint density at radius 3 is 2.33 bits per heavy atom.